The van der Waals surface area contributed by atoms with E-state index in [4.69, 9.17) is 34.2 Å². The normalized spacial score (nSPS) is 11.9. The van der Waals surface area contributed by atoms with Crippen molar-refractivity contribution in [2.24, 2.45) is 5.41 Å². The van der Waals surface area contributed by atoms with Gasteiger partial charge in [-0.15, -0.1) is 0 Å². The van der Waals surface area contributed by atoms with Crippen LogP contribution in [-0.4, -0.2) is 88.5 Å². The average molecular weight is 602 g/mol. The minimum Gasteiger partial charge on any atom is -0.447 e. The molecule has 0 fully saturated rings. The van der Waals surface area contributed by atoms with Crippen molar-refractivity contribution in [1.29, 1.82) is 0 Å². The van der Waals surface area contributed by atoms with E-state index in [1.165, 1.54) is 0 Å². The SMILES string of the molecule is CC(C)(C)C(CCCCNC(=O)OCCOCCO)NCOOCCOCCO.[Y].[Y]. The second kappa shape index (κ2) is 25.8. The van der Waals surface area contributed by atoms with Gasteiger partial charge < -0.3 is 29.7 Å². The maximum absolute atomic E-state index is 11.5. The van der Waals surface area contributed by atoms with E-state index in [0.717, 1.165) is 19.3 Å². The minimum atomic E-state index is -0.461. The van der Waals surface area contributed by atoms with Crippen molar-refractivity contribution in [3.8, 4) is 0 Å². The quantitative estimate of drug-likeness (QED) is 0.0736. The Kier molecular flexibility index (Phi) is 30.6. The van der Waals surface area contributed by atoms with Crippen LogP contribution in [0.25, 0.3) is 0 Å². The first kappa shape index (κ1) is 36.8. The molecule has 0 saturated heterocycles. The summed E-state index contributed by atoms with van der Waals surface area (Å²) in [6, 6.07) is 0.229. The molecule has 0 spiro atoms. The first-order valence-electron chi connectivity index (χ1n) is 10.2. The number of rotatable bonds is 19. The number of nitrogens with one attached hydrogen (secondary N) is 2. The molecule has 10 nitrogen and oxygen atoms in total. The molecule has 180 valence electrons. The van der Waals surface area contributed by atoms with Gasteiger partial charge in [-0.05, 0) is 18.3 Å². The smallest absolute Gasteiger partial charge is 0.407 e. The topological polar surface area (TPSA) is 128 Å². The van der Waals surface area contributed by atoms with Crippen LogP contribution in [0, 0.1) is 5.41 Å². The Hall–Kier alpha value is 1.20. The van der Waals surface area contributed by atoms with Crippen LogP contribution in [0.5, 0.6) is 0 Å². The number of aliphatic hydroxyl groups is 2. The van der Waals surface area contributed by atoms with Crippen molar-refractivity contribution in [2.75, 3.05) is 66.1 Å². The Morgan fingerprint density at radius 1 is 0.871 bits per heavy atom. The summed E-state index contributed by atoms with van der Waals surface area (Å²) in [7, 11) is 0. The van der Waals surface area contributed by atoms with Gasteiger partial charge in [0.2, 0.25) is 0 Å². The summed E-state index contributed by atoms with van der Waals surface area (Å²) >= 11 is 0. The average Bonchev–Trinajstić information content (AvgIpc) is 2.67. The van der Waals surface area contributed by atoms with E-state index in [0.29, 0.717) is 26.4 Å². The zero-order chi connectivity index (χ0) is 21.8. The maximum Gasteiger partial charge on any atom is 0.407 e. The third kappa shape index (κ3) is 25.7. The van der Waals surface area contributed by atoms with Gasteiger partial charge in [-0.2, -0.15) is 0 Å². The van der Waals surface area contributed by atoms with Crippen molar-refractivity contribution in [1.82, 2.24) is 10.6 Å². The molecule has 0 saturated carbocycles. The van der Waals surface area contributed by atoms with E-state index in [9.17, 15) is 4.79 Å². The van der Waals surface area contributed by atoms with Gasteiger partial charge in [-0.3, -0.25) is 5.32 Å². The van der Waals surface area contributed by atoms with Gasteiger partial charge in [0.05, 0.1) is 39.6 Å². The fourth-order valence-corrected chi connectivity index (χ4v) is 2.41. The third-order valence-electron chi connectivity index (χ3n) is 3.95. The molecular formula is C19H40N2O8Y2. The first-order chi connectivity index (χ1) is 13.9. The number of hydrogen-bond donors (Lipinski definition) is 4. The van der Waals surface area contributed by atoms with Crippen LogP contribution < -0.4 is 10.6 Å². The molecular weight excluding hydrogens is 562 g/mol. The van der Waals surface area contributed by atoms with Gasteiger partial charge in [0.25, 0.3) is 0 Å². The van der Waals surface area contributed by atoms with Gasteiger partial charge in [-0.25, -0.2) is 14.6 Å². The summed E-state index contributed by atoms with van der Waals surface area (Å²) in [6.45, 7) is 8.86. The van der Waals surface area contributed by atoms with Crippen molar-refractivity contribution in [3.63, 3.8) is 0 Å². The number of amides is 1. The van der Waals surface area contributed by atoms with E-state index < -0.39 is 6.09 Å². The Bertz CT molecular complexity index is 390. The number of aliphatic hydroxyl groups excluding tert-OH is 2. The number of carbonyl (C=O) groups is 1. The number of alkyl carbamates (subject to hydrolysis) is 1. The predicted molar refractivity (Wildman–Crippen MR) is 107 cm³/mol. The molecule has 0 aliphatic carbocycles. The van der Waals surface area contributed by atoms with Crippen LogP contribution in [0.1, 0.15) is 40.0 Å². The van der Waals surface area contributed by atoms with E-state index in [-0.39, 0.29) is 117 Å². The van der Waals surface area contributed by atoms with Crippen LogP contribution in [0.2, 0.25) is 0 Å². The second-order valence-corrected chi connectivity index (χ2v) is 7.44. The summed E-state index contributed by atoms with van der Waals surface area (Å²) in [5.74, 6) is 0. The Morgan fingerprint density at radius 3 is 2.06 bits per heavy atom. The standard InChI is InChI=1S/C19H40N2O8.2Y/c1-19(2,3)17(21-16-29-28-15-13-26-11-9-23)6-4-5-7-20-18(24)27-14-12-25-10-8-22;;/h17,21-23H,4-16H2,1-3H3,(H,20,24);;. The molecule has 0 aromatic rings. The molecule has 0 aliphatic heterocycles. The molecule has 0 heterocycles. The Morgan fingerprint density at radius 2 is 1.48 bits per heavy atom. The molecule has 12 heteroatoms. The molecule has 4 N–H and O–H groups in total. The number of hydrogen-bond acceptors (Lipinski definition) is 9. The van der Waals surface area contributed by atoms with E-state index in [2.05, 4.69) is 31.4 Å². The first-order valence-corrected chi connectivity index (χ1v) is 10.2. The van der Waals surface area contributed by atoms with Crippen LogP contribution in [-0.2, 0) is 89.4 Å². The van der Waals surface area contributed by atoms with Crippen molar-refractivity contribution < 1.29 is 104 Å². The van der Waals surface area contributed by atoms with Crippen molar-refractivity contribution >= 4 is 6.09 Å². The molecule has 1 atom stereocenters. The zero-order valence-electron chi connectivity index (χ0n) is 19.3. The van der Waals surface area contributed by atoms with Crippen LogP contribution in [0.4, 0.5) is 4.79 Å². The number of carbonyl (C=O) groups excluding carboxylic acids is 1. The van der Waals surface area contributed by atoms with Gasteiger partial charge in [-0.1, -0.05) is 27.2 Å². The van der Waals surface area contributed by atoms with Gasteiger partial charge in [0.1, 0.15) is 19.9 Å². The molecule has 0 rings (SSSR count). The molecule has 0 aliphatic rings. The molecule has 0 aromatic carbocycles. The second-order valence-electron chi connectivity index (χ2n) is 7.44. The van der Waals surface area contributed by atoms with E-state index in [1.54, 1.807) is 0 Å². The van der Waals surface area contributed by atoms with Gasteiger partial charge >= 0.3 is 6.09 Å². The summed E-state index contributed by atoms with van der Waals surface area (Å²) in [5, 5.41) is 23.2. The minimum absolute atomic E-state index is 0. The van der Waals surface area contributed by atoms with Crippen LogP contribution in [0.15, 0.2) is 0 Å². The van der Waals surface area contributed by atoms with E-state index in [1.807, 2.05) is 0 Å². The third-order valence-corrected chi connectivity index (χ3v) is 3.95. The summed E-state index contributed by atoms with van der Waals surface area (Å²) in [5.41, 5.74) is 0.0501. The van der Waals surface area contributed by atoms with Crippen molar-refractivity contribution in [2.45, 2.75) is 46.1 Å². The molecule has 1 unspecified atom stereocenters. The monoisotopic (exact) mass is 602 g/mol. The molecule has 0 aromatic heterocycles. The number of unbranched alkanes of at least 4 members (excludes halogenated alkanes) is 1. The predicted octanol–water partition coefficient (Wildman–Crippen LogP) is 0.806. The molecule has 31 heavy (non-hydrogen) atoms. The Balaban J connectivity index is -0.00000392. The number of ether oxygens (including phenoxy) is 3. The van der Waals surface area contributed by atoms with E-state index >= 15 is 0 Å². The molecule has 0 bridgehead atoms. The fraction of sp³-hybridized carbons (Fsp3) is 0.947. The summed E-state index contributed by atoms with van der Waals surface area (Å²) < 4.78 is 15.0. The Labute approximate surface area is 236 Å². The fourth-order valence-electron chi connectivity index (χ4n) is 2.41. The largest absolute Gasteiger partial charge is 0.447 e. The summed E-state index contributed by atoms with van der Waals surface area (Å²) in [4.78, 5) is 21.6. The zero-order valence-corrected chi connectivity index (χ0v) is 24.9. The summed E-state index contributed by atoms with van der Waals surface area (Å²) in [6.07, 6.45) is 2.24. The molecule has 1 amide bonds. The van der Waals surface area contributed by atoms with Crippen LogP contribution >= 0.6 is 0 Å². The van der Waals surface area contributed by atoms with Crippen molar-refractivity contribution in [3.05, 3.63) is 0 Å². The van der Waals surface area contributed by atoms with Crippen LogP contribution in [0.3, 0.4) is 0 Å². The maximum atomic E-state index is 11.5. The van der Waals surface area contributed by atoms with Gasteiger partial charge in [0, 0.05) is 78.0 Å². The van der Waals surface area contributed by atoms with Gasteiger partial charge in [0.15, 0.2) is 0 Å². The molecule has 2 radical (unpaired) electrons.